The van der Waals surface area contributed by atoms with E-state index in [1.165, 1.54) is 17.0 Å². The number of benzene rings is 2. The van der Waals surface area contributed by atoms with Crippen molar-refractivity contribution in [2.75, 3.05) is 25.4 Å². The number of carbonyl (C=O) groups excluding carboxylic acids is 3. The van der Waals surface area contributed by atoms with Gasteiger partial charge < -0.3 is 29.0 Å². The van der Waals surface area contributed by atoms with Crippen LogP contribution >= 0.6 is 11.6 Å². The first kappa shape index (κ1) is 33.3. The van der Waals surface area contributed by atoms with Gasteiger partial charge in [-0.1, -0.05) is 23.7 Å². The molecule has 1 saturated heterocycles. The molecule has 1 aliphatic rings. The van der Waals surface area contributed by atoms with Gasteiger partial charge in [-0.25, -0.2) is 18.0 Å². The van der Waals surface area contributed by atoms with Gasteiger partial charge in [-0.05, 0) is 62.6 Å². The number of halogens is 1. The van der Waals surface area contributed by atoms with Crippen molar-refractivity contribution in [1.29, 1.82) is 0 Å². The molecule has 3 atom stereocenters. The molecule has 13 nitrogen and oxygen atoms in total. The minimum atomic E-state index is -4.25. The van der Waals surface area contributed by atoms with Crippen LogP contribution < -0.4 is 14.8 Å². The molecule has 0 bridgehead atoms. The van der Waals surface area contributed by atoms with Crippen LogP contribution in [0.4, 0.5) is 10.5 Å². The third-order valence-electron chi connectivity index (χ3n) is 6.13. The third-order valence-corrected chi connectivity index (χ3v) is 8.75. The zero-order chi connectivity index (χ0) is 31.2. The molecule has 0 saturated carbocycles. The molecule has 2 N–H and O–H groups in total. The van der Waals surface area contributed by atoms with Crippen LogP contribution in [0.15, 0.2) is 47.4 Å². The Hall–Kier alpha value is -3.24. The molecule has 2 aromatic rings. The van der Waals surface area contributed by atoms with E-state index in [0.29, 0.717) is 12.0 Å². The summed E-state index contributed by atoms with van der Waals surface area (Å²) in [7, 11) is -1.16. The van der Waals surface area contributed by atoms with Gasteiger partial charge in [0.2, 0.25) is 15.9 Å². The van der Waals surface area contributed by atoms with Gasteiger partial charge in [0.15, 0.2) is 0 Å². The maximum Gasteiger partial charge on any atom is 0.414 e. The summed E-state index contributed by atoms with van der Waals surface area (Å²) in [5.41, 5.74) is 0.490. The van der Waals surface area contributed by atoms with Crippen LogP contribution in [0.3, 0.4) is 0 Å². The molecule has 16 heteroatoms. The van der Waals surface area contributed by atoms with Crippen molar-refractivity contribution in [3.8, 4) is 5.75 Å². The fraction of sp³-hybridized carbons (Fsp3) is 0.423. The number of amides is 2. The molecule has 0 radical (unpaired) electrons. The molecule has 0 aliphatic carbocycles. The SMILES string of the molecule is CC(C)OC(=O)[C@H](Cc1ccc(OC(=O)N(C)C)cc1)NC(=O)[C@@H]1CCCN1S(=O)(=O)c1ccc(Cl)c(NS(=O)[O-])c1. The van der Waals surface area contributed by atoms with Gasteiger partial charge >= 0.3 is 12.1 Å². The van der Waals surface area contributed by atoms with Crippen LogP contribution in [-0.4, -0.2) is 83.2 Å². The predicted octanol–water partition coefficient (Wildman–Crippen LogP) is 2.44. The van der Waals surface area contributed by atoms with Crippen LogP contribution in [0.25, 0.3) is 0 Å². The number of hydrogen-bond acceptors (Lipinski definition) is 9. The van der Waals surface area contributed by atoms with Crippen LogP contribution in [0, 0.1) is 0 Å². The molecule has 0 spiro atoms. The second-order valence-corrected chi connectivity index (χ2v) is 12.9. The standard InChI is InChI=1S/C26H33ClN4O9S2/c1-16(2)39-25(33)22(14-17-7-9-18(10-8-17)40-26(34)30(3)4)28-24(32)23-6-5-13-31(23)42(37,38)19-11-12-20(27)21(15-19)29-41(35)36/h7-12,15-16,22-23,29H,5-6,13-14H2,1-4H3,(H,28,32)(H,35,36)/p-1/t22-,23-/m0/s1. The van der Waals surface area contributed by atoms with E-state index in [4.69, 9.17) is 21.1 Å². The largest absolute Gasteiger partial charge is 0.755 e. The summed E-state index contributed by atoms with van der Waals surface area (Å²) < 4.78 is 62.8. The maximum atomic E-state index is 13.5. The van der Waals surface area contributed by atoms with Gasteiger partial charge in [0.05, 0.1) is 21.7 Å². The first-order chi connectivity index (χ1) is 19.7. The Morgan fingerprint density at radius 1 is 1.17 bits per heavy atom. The van der Waals surface area contributed by atoms with Crippen LogP contribution in [-0.2, 0) is 42.0 Å². The second-order valence-electron chi connectivity index (χ2n) is 9.91. The van der Waals surface area contributed by atoms with Crippen LogP contribution in [0.2, 0.25) is 5.02 Å². The molecule has 1 heterocycles. The van der Waals surface area contributed by atoms with Gasteiger partial charge in [-0.3, -0.25) is 9.00 Å². The minimum Gasteiger partial charge on any atom is -0.755 e. The number of rotatable bonds is 11. The monoisotopic (exact) mass is 643 g/mol. The van der Waals surface area contributed by atoms with Gasteiger partial charge in [-0.2, -0.15) is 4.31 Å². The fourth-order valence-electron chi connectivity index (χ4n) is 4.16. The van der Waals surface area contributed by atoms with E-state index in [1.54, 1.807) is 52.2 Å². The number of anilines is 1. The second kappa shape index (κ2) is 14.3. The molecule has 1 aliphatic heterocycles. The Bertz CT molecular complexity index is 1440. The molecule has 1 fully saturated rings. The number of hydrogen-bond donors (Lipinski definition) is 2. The van der Waals surface area contributed by atoms with Gasteiger partial charge in [-0.15, -0.1) is 0 Å². The summed E-state index contributed by atoms with van der Waals surface area (Å²) in [5, 5.41) is 2.64. The summed E-state index contributed by atoms with van der Waals surface area (Å²) in [6, 6.07) is 7.62. The number of esters is 1. The zero-order valence-corrected chi connectivity index (χ0v) is 25.8. The highest BCUT2D eigenvalue weighted by molar-refractivity contribution is 7.89. The normalized spacial score (nSPS) is 16.9. The third kappa shape index (κ3) is 8.64. The summed E-state index contributed by atoms with van der Waals surface area (Å²) in [5.74, 6) is -1.10. The fourth-order valence-corrected chi connectivity index (χ4v) is 6.41. The number of carbonyl (C=O) groups is 3. The number of nitrogens with one attached hydrogen (secondary N) is 2. The molecule has 230 valence electrons. The van der Waals surface area contributed by atoms with Crippen molar-refractivity contribution >= 4 is 56.5 Å². The molecule has 0 aromatic heterocycles. The highest BCUT2D eigenvalue weighted by atomic mass is 35.5. The molecule has 3 rings (SSSR count). The zero-order valence-electron chi connectivity index (χ0n) is 23.4. The lowest BCUT2D eigenvalue weighted by molar-refractivity contribution is -0.151. The molecular weight excluding hydrogens is 612 g/mol. The maximum absolute atomic E-state index is 13.5. The van der Waals surface area contributed by atoms with Crippen molar-refractivity contribution in [1.82, 2.24) is 14.5 Å². The van der Waals surface area contributed by atoms with E-state index in [2.05, 4.69) is 5.32 Å². The smallest absolute Gasteiger partial charge is 0.414 e. The number of sulfonamides is 1. The van der Waals surface area contributed by atoms with Gasteiger partial charge in [0.25, 0.3) is 0 Å². The number of ether oxygens (including phenoxy) is 2. The van der Waals surface area contributed by atoms with Crippen LogP contribution in [0.1, 0.15) is 32.3 Å². The van der Waals surface area contributed by atoms with Gasteiger partial charge in [0.1, 0.15) is 17.8 Å². The average Bonchev–Trinajstić information content (AvgIpc) is 3.41. The topological polar surface area (TPSA) is 174 Å². The first-order valence-corrected chi connectivity index (χ1v) is 15.7. The lowest BCUT2D eigenvalue weighted by Gasteiger charge is -2.26. The van der Waals surface area contributed by atoms with E-state index >= 15 is 0 Å². The molecule has 2 aromatic carbocycles. The Labute approximate surface area is 251 Å². The summed E-state index contributed by atoms with van der Waals surface area (Å²) in [6.07, 6.45) is -0.418. The van der Waals surface area contributed by atoms with Crippen LogP contribution in [0.5, 0.6) is 5.75 Å². The van der Waals surface area contributed by atoms with Gasteiger partial charge in [0, 0.05) is 38.3 Å². The lowest BCUT2D eigenvalue weighted by Crippen LogP contribution is -2.52. The van der Waals surface area contributed by atoms with E-state index in [1.807, 2.05) is 4.72 Å². The predicted molar refractivity (Wildman–Crippen MR) is 154 cm³/mol. The van der Waals surface area contributed by atoms with Crippen molar-refractivity contribution in [3.05, 3.63) is 53.1 Å². The Kier molecular flexibility index (Phi) is 11.3. The quantitative estimate of drug-likeness (QED) is 0.275. The molecule has 1 unspecified atom stereocenters. The van der Waals surface area contributed by atoms with E-state index in [-0.39, 0.29) is 40.7 Å². The highest BCUT2D eigenvalue weighted by Gasteiger charge is 2.41. The van der Waals surface area contributed by atoms with Crippen molar-refractivity contribution in [2.45, 2.75) is 56.2 Å². The summed E-state index contributed by atoms with van der Waals surface area (Å²) in [6.45, 7) is 3.36. The Balaban J connectivity index is 1.81. The van der Waals surface area contributed by atoms with E-state index < -0.39 is 57.4 Å². The minimum absolute atomic E-state index is 0.00994. The first-order valence-electron chi connectivity index (χ1n) is 12.8. The highest BCUT2D eigenvalue weighted by Crippen LogP contribution is 2.31. The Morgan fingerprint density at radius 2 is 1.83 bits per heavy atom. The van der Waals surface area contributed by atoms with Crippen molar-refractivity contribution < 1.29 is 41.0 Å². The lowest BCUT2D eigenvalue weighted by atomic mass is 10.0. The Morgan fingerprint density at radius 3 is 2.43 bits per heavy atom. The van der Waals surface area contributed by atoms with E-state index in [9.17, 15) is 31.6 Å². The molecule has 2 amide bonds. The molecular formula is C26H32ClN4O9S2-. The summed E-state index contributed by atoms with van der Waals surface area (Å²) in [4.78, 5) is 39.2. The average molecular weight is 644 g/mol. The number of nitrogens with zero attached hydrogens (tertiary/aromatic N) is 2. The van der Waals surface area contributed by atoms with Crippen molar-refractivity contribution in [3.63, 3.8) is 0 Å². The van der Waals surface area contributed by atoms with E-state index in [0.717, 1.165) is 10.4 Å². The van der Waals surface area contributed by atoms with Crippen molar-refractivity contribution in [2.24, 2.45) is 0 Å². The summed E-state index contributed by atoms with van der Waals surface area (Å²) >= 11 is 3.24. The molecule has 42 heavy (non-hydrogen) atoms.